The van der Waals surface area contributed by atoms with Gasteiger partial charge in [0.15, 0.2) is 11.3 Å². The standard InChI is InChI=1S/C19H19N3O2/c1-12-7-8-16-13(10-12)20-18(24-16)14-11-15(17-6-5-9-23-17)22(21-14)19(2,3)4/h5-11H,1-4H3. The second kappa shape index (κ2) is 5.09. The van der Waals surface area contributed by atoms with E-state index in [2.05, 4.69) is 25.8 Å². The SMILES string of the molecule is Cc1ccc2oc(-c3cc(-c4ccco4)n(C(C)(C)C)n3)nc2c1. The van der Waals surface area contributed by atoms with Gasteiger partial charge in [0, 0.05) is 6.07 Å². The van der Waals surface area contributed by atoms with Gasteiger partial charge in [0.05, 0.1) is 11.8 Å². The molecule has 0 amide bonds. The molecule has 122 valence electrons. The third-order valence-corrected chi connectivity index (χ3v) is 3.88. The van der Waals surface area contributed by atoms with E-state index in [1.165, 1.54) is 0 Å². The van der Waals surface area contributed by atoms with Crippen molar-refractivity contribution in [2.24, 2.45) is 0 Å². The topological polar surface area (TPSA) is 57.0 Å². The Hall–Kier alpha value is -2.82. The predicted octanol–water partition coefficient (Wildman–Crippen LogP) is 5.01. The number of aryl methyl sites for hydroxylation is 1. The van der Waals surface area contributed by atoms with Gasteiger partial charge in [-0.3, -0.25) is 4.68 Å². The Labute approximate surface area is 139 Å². The van der Waals surface area contributed by atoms with Crippen LogP contribution in [0.3, 0.4) is 0 Å². The summed E-state index contributed by atoms with van der Waals surface area (Å²) in [5.74, 6) is 1.29. The number of aromatic nitrogens is 3. The maximum absolute atomic E-state index is 5.89. The molecule has 0 saturated carbocycles. The van der Waals surface area contributed by atoms with Gasteiger partial charge < -0.3 is 8.83 Å². The van der Waals surface area contributed by atoms with Crippen LogP contribution in [0.5, 0.6) is 0 Å². The zero-order valence-corrected chi connectivity index (χ0v) is 14.2. The summed E-state index contributed by atoms with van der Waals surface area (Å²) in [4.78, 5) is 4.59. The van der Waals surface area contributed by atoms with Gasteiger partial charge in [-0.2, -0.15) is 5.10 Å². The first-order valence-electron chi connectivity index (χ1n) is 7.94. The molecule has 0 bridgehead atoms. The molecule has 5 heteroatoms. The predicted molar refractivity (Wildman–Crippen MR) is 92.7 cm³/mol. The van der Waals surface area contributed by atoms with Crippen LogP contribution in [0.15, 0.2) is 51.5 Å². The molecule has 0 radical (unpaired) electrons. The van der Waals surface area contributed by atoms with Crippen molar-refractivity contribution < 1.29 is 8.83 Å². The van der Waals surface area contributed by atoms with E-state index >= 15 is 0 Å². The fourth-order valence-corrected chi connectivity index (χ4v) is 2.74. The minimum Gasteiger partial charge on any atom is -0.463 e. The van der Waals surface area contributed by atoms with E-state index in [0.29, 0.717) is 11.6 Å². The monoisotopic (exact) mass is 321 g/mol. The number of hydrogen-bond acceptors (Lipinski definition) is 4. The molecule has 0 N–H and O–H groups in total. The van der Waals surface area contributed by atoms with Crippen molar-refractivity contribution in [1.82, 2.24) is 14.8 Å². The Morgan fingerprint density at radius 3 is 2.62 bits per heavy atom. The minimum atomic E-state index is -0.191. The van der Waals surface area contributed by atoms with Gasteiger partial charge >= 0.3 is 0 Å². The van der Waals surface area contributed by atoms with Gasteiger partial charge in [0.2, 0.25) is 5.89 Å². The Morgan fingerprint density at radius 1 is 1.08 bits per heavy atom. The minimum absolute atomic E-state index is 0.191. The zero-order valence-electron chi connectivity index (χ0n) is 14.2. The Bertz CT molecular complexity index is 1000. The van der Waals surface area contributed by atoms with E-state index in [1.54, 1.807) is 6.26 Å². The Morgan fingerprint density at radius 2 is 1.92 bits per heavy atom. The van der Waals surface area contributed by atoms with E-state index in [-0.39, 0.29) is 5.54 Å². The first-order chi connectivity index (χ1) is 11.4. The lowest BCUT2D eigenvalue weighted by Crippen LogP contribution is -2.24. The Balaban J connectivity index is 1.88. The van der Waals surface area contributed by atoms with Crippen molar-refractivity contribution in [2.75, 3.05) is 0 Å². The lowest BCUT2D eigenvalue weighted by atomic mass is 10.1. The third kappa shape index (κ3) is 2.42. The van der Waals surface area contributed by atoms with Crippen LogP contribution in [0, 0.1) is 6.92 Å². The van der Waals surface area contributed by atoms with Crippen LogP contribution in [-0.2, 0) is 5.54 Å². The number of rotatable bonds is 2. The molecular formula is C19H19N3O2. The molecule has 5 nitrogen and oxygen atoms in total. The number of benzene rings is 1. The molecule has 0 spiro atoms. The average Bonchev–Trinajstić information content (AvgIpc) is 3.23. The van der Waals surface area contributed by atoms with Crippen LogP contribution in [0.2, 0.25) is 0 Å². The fraction of sp³-hybridized carbons (Fsp3) is 0.263. The van der Waals surface area contributed by atoms with Crippen molar-refractivity contribution in [3.05, 3.63) is 48.2 Å². The van der Waals surface area contributed by atoms with Crippen LogP contribution in [-0.4, -0.2) is 14.8 Å². The number of fused-ring (bicyclic) bond motifs is 1. The molecule has 0 unspecified atom stereocenters. The van der Waals surface area contributed by atoms with Crippen molar-refractivity contribution in [3.63, 3.8) is 0 Å². The molecule has 0 atom stereocenters. The van der Waals surface area contributed by atoms with Crippen molar-refractivity contribution in [3.8, 4) is 23.0 Å². The lowest BCUT2D eigenvalue weighted by molar-refractivity contribution is 0.357. The molecular weight excluding hydrogens is 302 g/mol. The highest BCUT2D eigenvalue weighted by Gasteiger charge is 2.24. The van der Waals surface area contributed by atoms with Gasteiger partial charge in [-0.1, -0.05) is 6.07 Å². The van der Waals surface area contributed by atoms with E-state index in [1.807, 2.05) is 48.0 Å². The van der Waals surface area contributed by atoms with Crippen molar-refractivity contribution in [2.45, 2.75) is 33.2 Å². The number of oxazole rings is 1. The Kier molecular flexibility index (Phi) is 3.13. The van der Waals surface area contributed by atoms with Crippen LogP contribution >= 0.6 is 0 Å². The quantitative estimate of drug-likeness (QED) is 0.520. The molecule has 0 aliphatic heterocycles. The zero-order chi connectivity index (χ0) is 16.9. The highest BCUT2D eigenvalue weighted by atomic mass is 16.3. The van der Waals surface area contributed by atoms with E-state index in [0.717, 1.165) is 28.1 Å². The van der Waals surface area contributed by atoms with Gasteiger partial charge in [-0.15, -0.1) is 0 Å². The maximum Gasteiger partial charge on any atom is 0.248 e. The molecule has 0 aliphatic rings. The molecule has 0 fully saturated rings. The van der Waals surface area contributed by atoms with Crippen LogP contribution in [0.25, 0.3) is 34.1 Å². The summed E-state index contributed by atoms with van der Waals surface area (Å²) in [6.07, 6.45) is 1.66. The largest absolute Gasteiger partial charge is 0.463 e. The summed E-state index contributed by atoms with van der Waals surface area (Å²) < 4.78 is 13.4. The third-order valence-electron chi connectivity index (χ3n) is 3.88. The first kappa shape index (κ1) is 14.8. The average molecular weight is 321 g/mol. The molecule has 0 aliphatic carbocycles. The number of nitrogens with zero attached hydrogens (tertiary/aromatic N) is 3. The van der Waals surface area contributed by atoms with Crippen LogP contribution in [0.4, 0.5) is 0 Å². The maximum atomic E-state index is 5.89. The van der Waals surface area contributed by atoms with Gasteiger partial charge in [0.1, 0.15) is 16.9 Å². The summed E-state index contributed by atoms with van der Waals surface area (Å²) in [5.41, 5.74) is 4.17. The molecule has 4 rings (SSSR count). The summed E-state index contributed by atoms with van der Waals surface area (Å²) in [7, 11) is 0. The molecule has 3 aromatic heterocycles. The summed E-state index contributed by atoms with van der Waals surface area (Å²) in [6.45, 7) is 8.35. The van der Waals surface area contributed by atoms with Crippen LogP contribution < -0.4 is 0 Å². The molecule has 3 heterocycles. The second-order valence-electron chi connectivity index (χ2n) is 6.96. The lowest BCUT2D eigenvalue weighted by Gasteiger charge is -2.21. The smallest absolute Gasteiger partial charge is 0.248 e. The van der Waals surface area contributed by atoms with E-state index < -0.39 is 0 Å². The van der Waals surface area contributed by atoms with Gasteiger partial charge in [0.25, 0.3) is 0 Å². The summed E-state index contributed by atoms with van der Waals surface area (Å²) in [5, 5.41) is 4.73. The highest BCUT2D eigenvalue weighted by molar-refractivity contribution is 5.76. The first-order valence-corrected chi connectivity index (χ1v) is 7.94. The summed E-state index contributed by atoms with van der Waals surface area (Å²) in [6, 6.07) is 11.7. The van der Waals surface area contributed by atoms with Crippen LogP contribution in [0.1, 0.15) is 26.3 Å². The second-order valence-corrected chi connectivity index (χ2v) is 6.96. The normalized spacial score (nSPS) is 12.2. The van der Waals surface area contributed by atoms with Crippen molar-refractivity contribution >= 4 is 11.1 Å². The van der Waals surface area contributed by atoms with Crippen molar-refractivity contribution in [1.29, 1.82) is 0 Å². The molecule has 1 aromatic carbocycles. The number of furan rings is 1. The molecule has 4 aromatic rings. The van der Waals surface area contributed by atoms with E-state index in [4.69, 9.17) is 13.9 Å². The highest BCUT2D eigenvalue weighted by Crippen LogP contribution is 2.32. The molecule has 0 saturated heterocycles. The molecule has 24 heavy (non-hydrogen) atoms. The van der Waals surface area contributed by atoms with E-state index in [9.17, 15) is 0 Å². The summed E-state index contributed by atoms with van der Waals surface area (Å²) >= 11 is 0. The fourth-order valence-electron chi connectivity index (χ4n) is 2.74. The number of hydrogen-bond donors (Lipinski definition) is 0. The van der Waals surface area contributed by atoms with Gasteiger partial charge in [-0.25, -0.2) is 4.98 Å². The van der Waals surface area contributed by atoms with Gasteiger partial charge in [-0.05, 0) is 57.5 Å².